The van der Waals surface area contributed by atoms with E-state index in [9.17, 15) is 9.90 Å². The molecule has 0 unspecified atom stereocenters. The van der Waals surface area contributed by atoms with Crippen LogP contribution in [0.2, 0.25) is 0 Å². The van der Waals surface area contributed by atoms with Crippen LogP contribution in [0.5, 0.6) is 5.75 Å². The normalized spacial score (nSPS) is 9.85. The van der Waals surface area contributed by atoms with Gasteiger partial charge < -0.3 is 5.11 Å². The highest BCUT2D eigenvalue weighted by atomic mass is 79.9. The second-order valence-electron chi connectivity index (χ2n) is 4.08. The average Bonchev–Trinajstić information content (AvgIpc) is 2.45. The maximum atomic E-state index is 12.0. The zero-order valence-corrected chi connectivity index (χ0v) is 12.1. The lowest BCUT2D eigenvalue weighted by Crippen LogP contribution is -2.36. The van der Waals surface area contributed by atoms with E-state index >= 15 is 0 Å². The lowest BCUT2D eigenvalue weighted by molar-refractivity contribution is 0.0941. The molecule has 0 heterocycles. The molecule has 0 bridgehead atoms. The number of hydrazine groups is 1. The van der Waals surface area contributed by atoms with Crippen molar-refractivity contribution in [2.45, 2.75) is 0 Å². The molecule has 0 aliphatic carbocycles. The lowest BCUT2D eigenvalue weighted by atomic mass is 10.2. The van der Waals surface area contributed by atoms with Gasteiger partial charge in [-0.25, -0.2) is 0 Å². The standard InChI is InChI=1S/C15H13BrN2O2/c1-10(11-6-8-12(19)9-7-11)17-18-15(20)13-4-2-3-5-14(13)16/h2-9,17,19H,1H2,(H,18,20). The smallest absolute Gasteiger partial charge is 0.270 e. The number of benzene rings is 2. The molecule has 5 heteroatoms. The average molecular weight is 333 g/mol. The number of nitrogens with one attached hydrogen (secondary N) is 2. The Bertz CT molecular complexity index is 639. The van der Waals surface area contributed by atoms with E-state index in [1.807, 2.05) is 6.07 Å². The first kappa shape index (κ1) is 14.1. The molecule has 3 N–H and O–H groups in total. The van der Waals surface area contributed by atoms with Crippen molar-refractivity contribution in [1.29, 1.82) is 0 Å². The van der Waals surface area contributed by atoms with Gasteiger partial charge in [-0.15, -0.1) is 0 Å². The fourth-order valence-electron chi connectivity index (χ4n) is 1.58. The zero-order chi connectivity index (χ0) is 14.5. The summed E-state index contributed by atoms with van der Waals surface area (Å²) in [6, 6.07) is 13.6. The second-order valence-corrected chi connectivity index (χ2v) is 4.94. The number of amides is 1. The molecule has 2 aromatic carbocycles. The van der Waals surface area contributed by atoms with Gasteiger partial charge in [0, 0.05) is 4.47 Å². The Morgan fingerprint density at radius 2 is 1.70 bits per heavy atom. The molecule has 0 aromatic heterocycles. The predicted octanol–water partition coefficient (Wildman–Crippen LogP) is 3.06. The minimum absolute atomic E-state index is 0.179. The third-order valence-corrected chi connectivity index (χ3v) is 3.35. The summed E-state index contributed by atoms with van der Waals surface area (Å²) in [7, 11) is 0. The van der Waals surface area contributed by atoms with Gasteiger partial charge in [0.25, 0.3) is 5.91 Å². The number of hydrogen-bond donors (Lipinski definition) is 3. The largest absolute Gasteiger partial charge is 0.508 e. The summed E-state index contributed by atoms with van der Waals surface area (Å²) in [5.74, 6) is -0.0868. The number of hydrogen-bond acceptors (Lipinski definition) is 3. The Kier molecular flexibility index (Phi) is 4.42. The molecule has 0 saturated carbocycles. The van der Waals surface area contributed by atoms with Gasteiger partial charge in [-0.2, -0.15) is 0 Å². The summed E-state index contributed by atoms with van der Waals surface area (Å²) in [5, 5.41) is 9.21. The van der Waals surface area contributed by atoms with E-state index in [0.29, 0.717) is 11.3 Å². The SMILES string of the molecule is C=C(NNC(=O)c1ccccc1Br)c1ccc(O)cc1. The molecular formula is C15H13BrN2O2. The summed E-state index contributed by atoms with van der Waals surface area (Å²) >= 11 is 3.32. The van der Waals surface area contributed by atoms with E-state index < -0.39 is 0 Å². The van der Waals surface area contributed by atoms with Crippen molar-refractivity contribution in [1.82, 2.24) is 10.9 Å². The number of halogens is 1. The second kappa shape index (κ2) is 6.25. The summed E-state index contributed by atoms with van der Waals surface area (Å²) in [4.78, 5) is 12.0. The zero-order valence-electron chi connectivity index (χ0n) is 10.6. The minimum atomic E-state index is -0.266. The molecular weight excluding hydrogens is 320 g/mol. The Hall–Kier alpha value is -2.27. The minimum Gasteiger partial charge on any atom is -0.508 e. The van der Waals surface area contributed by atoms with Gasteiger partial charge >= 0.3 is 0 Å². The Balaban J connectivity index is 1.99. The van der Waals surface area contributed by atoms with Gasteiger partial charge in [0.05, 0.1) is 11.3 Å². The first-order valence-corrected chi connectivity index (χ1v) is 6.66. The Morgan fingerprint density at radius 3 is 2.35 bits per heavy atom. The van der Waals surface area contributed by atoms with Crippen LogP contribution in [0.3, 0.4) is 0 Å². The van der Waals surface area contributed by atoms with Crippen LogP contribution in [0.4, 0.5) is 0 Å². The summed E-state index contributed by atoms with van der Waals surface area (Å²) < 4.78 is 0.717. The number of carbonyl (C=O) groups excluding carboxylic acids is 1. The van der Waals surface area contributed by atoms with E-state index in [0.717, 1.165) is 10.0 Å². The molecule has 2 aromatic rings. The van der Waals surface area contributed by atoms with E-state index in [1.165, 1.54) is 0 Å². The third-order valence-electron chi connectivity index (χ3n) is 2.66. The van der Waals surface area contributed by atoms with Crippen molar-refractivity contribution < 1.29 is 9.90 Å². The Labute approximate surface area is 125 Å². The van der Waals surface area contributed by atoms with Crippen molar-refractivity contribution in [2.75, 3.05) is 0 Å². The van der Waals surface area contributed by atoms with E-state index in [1.54, 1.807) is 42.5 Å². The van der Waals surface area contributed by atoms with Gasteiger partial charge in [0.1, 0.15) is 5.75 Å². The summed E-state index contributed by atoms with van der Waals surface area (Å²) in [6.45, 7) is 3.82. The molecule has 20 heavy (non-hydrogen) atoms. The summed E-state index contributed by atoms with van der Waals surface area (Å²) in [5.41, 5.74) is 7.15. The van der Waals surface area contributed by atoms with E-state index in [-0.39, 0.29) is 11.7 Å². The monoisotopic (exact) mass is 332 g/mol. The fourth-order valence-corrected chi connectivity index (χ4v) is 2.04. The molecule has 0 fully saturated rings. The van der Waals surface area contributed by atoms with Gasteiger partial charge in [-0.3, -0.25) is 15.6 Å². The first-order chi connectivity index (χ1) is 9.58. The number of rotatable bonds is 4. The van der Waals surface area contributed by atoms with E-state index in [4.69, 9.17) is 0 Å². The van der Waals surface area contributed by atoms with Crippen LogP contribution in [0.25, 0.3) is 5.70 Å². The summed E-state index contributed by atoms with van der Waals surface area (Å²) in [6.07, 6.45) is 0. The molecule has 102 valence electrons. The molecule has 0 aliphatic heterocycles. The molecule has 1 amide bonds. The maximum absolute atomic E-state index is 12.0. The van der Waals surface area contributed by atoms with Crippen molar-refractivity contribution in [2.24, 2.45) is 0 Å². The molecule has 0 saturated heterocycles. The number of aromatic hydroxyl groups is 1. The maximum Gasteiger partial charge on any atom is 0.270 e. The van der Waals surface area contributed by atoms with Crippen molar-refractivity contribution in [3.63, 3.8) is 0 Å². The van der Waals surface area contributed by atoms with Crippen LogP contribution in [0.15, 0.2) is 59.6 Å². The first-order valence-electron chi connectivity index (χ1n) is 5.87. The number of phenolic OH excluding ortho intramolecular Hbond substituents is 1. The van der Waals surface area contributed by atoms with Crippen LogP contribution in [0.1, 0.15) is 15.9 Å². The third kappa shape index (κ3) is 3.39. The van der Waals surface area contributed by atoms with Gasteiger partial charge in [0.15, 0.2) is 0 Å². The van der Waals surface area contributed by atoms with Gasteiger partial charge in [0.2, 0.25) is 0 Å². The molecule has 2 rings (SSSR count). The highest BCUT2D eigenvalue weighted by Gasteiger charge is 2.09. The molecule has 0 radical (unpaired) electrons. The van der Waals surface area contributed by atoms with Crippen molar-refractivity contribution in [3.8, 4) is 5.75 Å². The van der Waals surface area contributed by atoms with Gasteiger partial charge in [-0.05, 0) is 57.9 Å². The number of carbonyl (C=O) groups is 1. The van der Waals surface area contributed by atoms with Gasteiger partial charge in [-0.1, -0.05) is 18.7 Å². The van der Waals surface area contributed by atoms with Crippen molar-refractivity contribution >= 4 is 27.5 Å². The van der Waals surface area contributed by atoms with Crippen LogP contribution in [-0.2, 0) is 0 Å². The quantitative estimate of drug-likeness (QED) is 0.754. The molecule has 4 nitrogen and oxygen atoms in total. The Morgan fingerprint density at radius 1 is 1.05 bits per heavy atom. The molecule has 0 spiro atoms. The van der Waals surface area contributed by atoms with Crippen molar-refractivity contribution in [3.05, 3.63) is 70.7 Å². The van der Waals surface area contributed by atoms with Crippen LogP contribution in [0, 0.1) is 0 Å². The lowest BCUT2D eigenvalue weighted by Gasteiger charge is -2.12. The predicted molar refractivity (Wildman–Crippen MR) is 81.9 cm³/mol. The highest BCUT2D eigenvalue weighted by Crippen LogP contribution is 2.16. The van der Waals surface area contributed by atoms with E-state index in [2.05, 4.69) is 33.4 Å². The van der Waals surface area contributed by atoms with Crippen LogP contribution >= 0.6 is 15.9 Å². The molecule has 0 atom stereocenters. The van der Waals surface area contributed by atoms with Crippen LogP contribution < -0.4 is 10.9 Å². The topological polar surface area (TPSA) is 61.4 Å². The fraction of sp³-hybridized carbons (Fsp3) is 0. The number of phenols is 1. The van der Waals surface area contributed by atoms with Crippen LogP contribution in [-0.4, -0.2) is 11.0 Å². The molecule has 0 aliphatic rings. The highest BCUT2D eigenvalue weighted by molar-refractivity contribution is 9.10.